The highest BCUT2D eigenvalue weighted by Gasteiger charge is 2.18. The van der Waals surface area contributed by atoms with Gasteiger partial charge in [-0.2, -0.15) is 0 Å². The third kappa shape index (κ3) is 2.73. The van der Waals surface area contributed by atoms with Crippen LogP contribution in [0.5, 0.6) is 0 Å². The second-order valence-corrected chi connectivity index (χ2v) is 5.05. The molecule has 0 saturated heterocycles. The van der Waals surface area contributed by atoms with Gasteiger partial charge in [-0.15, -0.1) is 11.6 Å². The van der Waals surface area contributed by atoms with E-state index in [1.807, 2.05) is 11.5 Å². The Morgan fingerprint density at radius 1 is 1.37 bits per heavy atom. The molecule has 2 rings (SSSR count). The first-order chi connectivity index (χ1) is 9.08. The Hall–Kier alpha value is -1.16. The summed E-state index contributed by atoms with van der Waals surface area (Å²) in [6, 6.07) is 2.30. The highest BCUT2D eigenvalue weighted by molar-refractivity contribution is 6.16. The number of hydrogen-bond donors (Lipinski definition) is 0. The first-order valence-corrected chi connectivity index (χ1v) is 7.03. The van der Waals surface area contributed by atoms with Gasteiger partial charge in [0.25, 0.3) is 0 Å². The lowest BCUT2D eigenvalue weighted by molar-refractivity contribution is 0.485. The highest BCUT2D eigenvalue weighted by Crippen LogP contribution is 2.27. The van der Waals surface area contributed by atoms with Gasteiger partial charge in [0, 0.05) is 12.1 Å². The van der Waals surface area contributed by atoms with Gasteiger partial charge in [0.05, 0.1) is 11.4 Å². The molecule has 0 aliphatic carbocycles. The molecule has 0 bridgehead atoms. The molecule has 104 valence electrons. The summed E-state index contributed by atoms with van der Waals surface area (Å²) >= 11 is 5.87. The van der Waals surface area contributed by atoms with Crippen molar-refractivity contribution in [3.05, 3.63) is 29.6 Å². The number of alkyl halides is 1. The van der Waals surface area contributed by atoms with E-state index in [0.717, 1.165) is 25.3 Å². The third-order valence-electron chi connectivity index (χ3n) is 3.32. The van der Waals surface area contributed by atoms with Gasteiger partial charge in [0.1, 0.15) is 17.2 Å². The molecule has 1 atom stereocenters. The van der Waals surface area contributed by atoms with E-state index < -0.39 is 11.6 Å². The average molecular weight is 287 g/mol. The van der Waals surface area contributed by atoms with Crippen molar-refractivity contribution in [2.75, 3.05) is 0 Å². The maximum atomic E-state index is 13.7. The van der Waals surface area contributed by atoms with Crippen LogP contribution in [0.25, 0.3) is 11.0 Å². The monoisotopic (exact) mass is 286 g/mol. The Balaban J connectivity index is 2.56. The summed E-state index contributed by atoms with van der Waals surface area (Å²) < 4.78 is 29.0. The molecule has 0 aliphatic rings. The fourth-order valence-electron chi connectivity index (χ4n) is 2.38. The maximum absolute atomic E-state index is 13.7. The van der Waals surface area contributed by atoms with Crippen molar-refractivity contribution in [2.24, 2.45) is 0 Å². The minimum absolute atomic E-state index is 0.125. The molecule has 0 spiro atoms. The Kier molecular flexibility index (Phi) is 4.40. The summed E-state index contributed by atoms with van der Waals surface area (Å²) in [5, 5.41) is 0. The van der Waals surface area contributed by atoms with E-state index in [0.29, 0.717) is 11.3 Å². The van der Waals surface area contributed by atoms with Gasteiger partial charge < -0.3 is 4.57 Å². The fourth-order valence-corrected chi connectivity index (χ4v) is 2.57. The third-order valence-corrected chi connectivity index (χ3v) is 3.56. The molecule has 2 aromatic rings. The van der Waals surface area contributed by atoms with Gasteiger partial charge in [-0.05, 0) is 19.4 Å². The summed E-state index contributed by atoms with van der Waals surface area (Å²) in [7, 11) is 0. The van der Waals surface area contributed by atoms with Crippen molar-refractivity contribution in [1.29, 1.82) is 0 Å². The van der Waals surface area contributed by atoms with Gasteiger partial charge in [-0.3, -0.25) is 0 Å². The Morgan fingerprint density at radius 3 is 2.74 bits per heavy atom. The number of aromatic nitrogens is 2. The van der Waals surface area contributed by atoms with Crippen LogP contribution < -0.4 is 0 Å². The van der Waals surface area contributed by atoms with Gasteiger partial charge in [0.15, 0.2) is 5.82 Å². The number of imidazole rings is 1. The zero-order valence-electron chi connectivity index (χ0n) is 11.1. The van der Waals surface area contributed by atoms with Crippen LogP contribution in [-0.4, -0.2) is 9.55 Å². The zero-order chi connectivity index (χ0) is 14.0. The molecular formula is C14H17ClF2N2. The number of halogens is 3. The predicted molar refractivity (Wildman–Crippen MR) is 73.4 cm³/mol. The average Bonchev–Trinajstić information content (AvgIpc) is 2.74. The van der Waals surface area contributed by atoms with E-state index in [2.05, 4.69) is 11.9 Å². The fraction of sp³-hybridized carbons (Fsp3) is 0.500. The normalized spacial score (nSPS) is 13.1. The summed E-state index contributed by atoms with van der Waals surface area (Å²) in [5.41, 5.74) is 0.678. The van der Waals surface area contributed by atoms with Crippen molar-refractivity contribution in [3.63, 3.8) is 0 Å². The second kappa shape index (κ2) is 5.87. The standard InChI is InChI=1S/C14H17ClF2N2/c1-3-4-5-9(2)19-12-7-10(16)6-11(17)14(12)18-13(19)8-15/h6-7,9H,3-5,8H2,1-2H3. The first kappa shape index (κ1) is 14.3. The van der Waals surface area contributed by atoms with Gasteiger partial charge in [0.2, 0.25) is 0 Å². The van der Waals surface area contributed by atoms with Crippen LogP contribution in [0.4, 0.5) is 8.78 Å². The molecule has 1 aromatic heterocycles. The molecule has 0 aliphatic heterocycles. The van der Waals surface area contributed by atoms with Crippen LogP contribution in [0.3, 0.4) is 0 Å². The lowest BCUT2D eigenvalue weighted by atomic mass is 10.1. The van der Waals surface area contributed by atoms with Crippen LogP contribution in [0, 0.1) is 11.6 Å². The van der Waals surface area contributed by atoms with Crippen LogP contribution in [0.2, 0.25) is 0 Å². The van der Waals surface area contributed by atoms with Crippen LogP contribution >= 0.6 is 11.6 Å². The molecular weight excluding hydrogens is 270 g/mol. The zero-order valence-corrected chi connectivity index (χ0v) is 11.8. The molecule has 0 fully saturated rings. The predicted octanol–water partition coefficient (Wildman–Crippen LogP) is 4.80. The van der Waals surface area contributed by atoms with E-state index in [1.165, 1.54) is 6.07 Å². The molecule has 0 N–H and O–H groups in total. The Morgan fingerprint density at radius 2 is 2.11 bits per heavy atom. The van der Waals surface area contributed by atoms with Crippen molar-refractivity contribution in [1.82, 2.24) is 9.55 Å². The number of fused-ring (bicyclic) bond motifs is 1. The molecule has 0 amide bonds. The Labute approximate surface area is 116 Å². The minimum atomic E-state index is -0.636. The first-order valence-electron chi connectivity index (χ1n) is 6.50. The molecule has 1 aromatic carbocycles. The van der Waals surface area contributed by atoms with Crippen LogP contribution in [-0.2, 0) is 5.88 Å². The molecule has 2 nitrogen and oxygen atoms in total. The molecule has 1 heterocycles. The number of benzene rings is 1. The van der Waals surface area contributed by atoms with Gasteiger partial charge >= 0.3 is 0 Å². The SMILES string of the molecule is CCCCC(C)n1c(CCl)nc2c(F)cc(F)cc21. The molecule has 0 saturated carbocycles. The number of rotatable bonds is 5. The van der Waals surface area contributed by atoms with E-state index in [-0.39, 0.29) is 17.4 Å². The Bertz CT molecular complexity index is 580. The van der Waals surface area contributed by atoms with E-state index in [4.69, 9.17) is 11.6 Å². The van der Waals surface area contributed by atoms with E-state index in [1.54, 1.807) is 0 Å². The summed E-state index contributed by atoms with van der Waals surface area (Å²) in [6.07, 6.45) is 3.07. The molecule has 19 heavy (non-hydrogen) atoms. The number of hydrogen-bond acceptors (Lipinski definition) is 1. The summed E-state index contributed by atoms with van der Waals surface area (Å²) in [6.45, 7) is 4.14. The lowest BCUT2D eigenvalue weighted by Crippen LogP contribution is -2.08. The topological polar surface area (TPSA) is 17.8 Å². The van der Waals surface area contributed by atoms with Crippen LogP contribution in [0.1, 0.15) is 45.0 Å². The van der Waals surface area contributed by atoms with Crippen molar-refractivity contribution < 1.29 is 8.78 Å². The summed E-state index contributed by atoms with van der Waals surface area (Å²) in [5.74, 6) is -0.450. The highest BCUT2D eigenvalue weighted by atomic mass is 35.5. The van der Waals surface area contributed by atoms with Crippen molar-refractivity contribution >= 4 is 22.6 Å². The van der Waals surface area contributed by atoms with E-state index in [9.17, 15) is 8.78 Å². The lowest BCUT2D eigenvalue weighted by Gasteiger charge is -2.16. The molecule has 0 radical (unpaired) electrons. The molecule has 5 heteroatoms. The van der Waals surface area contributed by atoms with Crippen molar-refractivity contribution in [2.45, 2.75) is 45.0 Å². The van der Waals surface area contributed by atoms with Gasteiger partial charge in [-0.25, -0.2) is 13.8 Å². The smallest absolute Gasteiger partial charge is 0.153 e. The van der Waals surface area contributed by atoms with E-state index >= 15 is 0 Å². The number of nitrogens with zero attached hydrogens (tertiary/aromatic N) is 2. The van der Waals surface area contributed by atoms with Crippen LogP contribution in [0.15, 0.2) is 12.1 Å². The number of unbranched alkanes of at least 4 members (excludes halogenated alkanes) is 1. The second-order valence-electron chi connectivity index (χ2n) is 4.78. The largest absolute Gasteiger partial charge is 0.324 e. The molecule has 1 unspecified atom stereocenters. The van der Waals surface area contributed by atoms with Crippen molar-refractivity contribution in [3.8, 4) is 0 Å². The minimum Gasteiger partial charge on any atom is -0.324 e. The quantitative estimate of drug-likeness (QED) is 0.722. The van der Waals surface area contributed by atoms with Gasteiger partial charge in [-0.1, -0.05) is 19.8 Å². The maximum Gasteiger partial charge on any atom is 0.153 e. The summed E-state index contributed by atoms with van der Waals surface area (Å²) in [4.78, 5) is 4.19.